The maximum absolute atomic E-state index is 9.43. The smallest absolute Gasteiger partial charge is 0.0672 e. The second-order valence-electron chi connectivity index (χ2n) is 6.74. The predicted molar refractivity (Wildman–Crippen MR) is 88.4 cm³/mol. The summed E-state index contributed by atoms with van der Waals surface area (Å²) in [6, 6.07) is 7.73. The quantitative estimate of drug-likeness (QED) is 0.858. The molecular weight excluding hydrogens is 256 g/mol. The Morgan fingerprint density at radius 3 is 2.57 bits per heavy atom. The van der Waals surface area contributed by atoms with Crippen LogP contribution in [0.25, 0.3) is 0 Å². The zero-order valence-electron chi connectivity index (χ0n) is 13.9. The molecule has 1 N–H and O–H groups in total. The van der Waals surface area contributed by atoms with Crippen molar-refractivity contribution in [1.82, 2.24) is 5.32 Å². The second-order valence-corrected chi connectivity index (χ2v) is 6.74. The van der Waals surface area contributed by atoms with Gasteiger partial charge in [-0.25, -0.2) is 0 Å². The molecule has 0 radical (unpaired) electrons. The molecular formula is C19H28N2. The van der Waals surface area contributed by atoms with E-state index in [4.69, 9.17) is 0 Å². The molecule has 2 nitrogen and oxygen atoms in total. The molecule has 0 saturated carbocycles. The van der Waals surface area contributed by atoms with E-state index in [1.54, 1.807) is 11.1 Å². The Hall–Kier alpha value is -1.33. The van der Waals surface area contributed by atoms with Crippen molar-refractivity contribution >= 4 is 0 Å². The minimum absolute atomic E-state index is 0.0887. The molecule has 2 rings (SSSR count). The Kier molecular flexibility index (Phi) is 5.42. The first-order valence-electron chi connectivity index (χ1n) is 8.28. The number of nitriles is 1. The van der Waals surface area contributed by atoms with Gasteiger partial charge in [-0.1, -0.05) is 26.0 Å². The molecule has 1 aliphatic rings. The van der Waals surface area contributed by atoms with Crippen molar-refractivity contribution < 1.29 is 0 Å². The number of rotatable bonds is 6. The largest absolute Gasteiger partial charge is 0.311 e. The van der Waals surface area contributed by atoms with Crippen molar-refractivity contribution in [2.45, 2.75) is 71.9 Å². The van der Waals surface area contributed by atoms with E-state index >= 15 is 0 Å². The first-order chi connectivity index (χ1) is 10.0. The number of benzene rings is 1. The lowest BCUT2D eigenvalue weighted by Gasteiger charge is -2.22. The van der Waals surface area contributed by atoms with Crippen LogP contribution in [0.4, 0.5) is 0 Å². The summed E-state index contributed by atoms with van der Waals surface area (Å²) in [5, 5.41) is 12.9. The van der Waals surface area contributed by atoms with Crippen LogP contribution in [-0.2, 0) is 19.3 Å². The molecule has 0 saturated heterocycles. The molecule has 1 aliphatic carbocycles. The highest BCUT2D eigenvalue weighted by Gasteiger charge is 2.20. The molecule has 0 aromatic heterocycles. The fourth-order valence-electron chi connectivity index (χ4n) is 3.57. The maximum Gasteiger partial charge on any atom is 0.0672 e. The van der Waals surface area contributed by atoms with E-state index in [1.807, 2.05) is 0 Å². The number of aryl methyl sites for hydroxylation is 2. The van der Waals surface area contributed by atoms with E-state index in [-0.39, 0.29) is 12.0 Å². The summed E-state index contributed by atoms with van der Waals surface area (Å²) in [6.07, 6.45) is 5.74. The minimum atomic E-state index is 0.0887. The number of nitrogens with zero attached hydrogens (tertiary/aromatic N) is 1. The van der Waals surface area contributed by atoms with Crippen molar-refractivity contribution in [1.29, 1.82) is 5.26 Å². The lowest BCUT2D eigenvalue weighted by Crippen LogP contribution is -2.37. The summed E-state index contributed by atoms with van der Waals surface area (Å²) in [5.74, 6) is 0.0887. The fourth-order valence-corrected chi connectivity index (χ4v) is 3.57. The Labute approximate surface area is 129 Å². The van der Waals surface area contributed by atoms with Gasteiger partial charge in [0, 0.05) is 12.1 Å². The van der Waals surface area contributed by atoms with Crippen LogP contribution in [0.2, 0.25) is 0 Å². The van der Waals surface area contributed by atoms with Crippen LogP contribution < -0.4 is 5.32 Å². The summed E-state index contributed by atoms with van der Waals surface area (Å²) >= 11 is 0. The molecule has 0 spiro atoms. The van der Waals surface area contributed by atoms with Gasteiger partial charge in [0.25, 0.3) is 0 Å². The molecule has 0 bridgehead atoms. The molecule has 21 heavy (non-hydrogen) atoms. The van der Waals surface area contributed by atoms with E-state index in [1.165, 1.54) is 30.4 Å². The average Bonchev–Trinajstić information content (AvgIpc) is 2.91. The van der Waals surface area contributed by atoms with Gasteiger partial charge in [0.2, 0.25) is 0 Å². The predicted octanol–water partition coefficient (Wildman–Crippen LogP) is 3.94. The van der Waals surface area contributed by atoms with Gasteiger partial charge >= 0.3 is 0 Å². The second kappa shape index (κ2) is 7.09. The van der Waals surface area contributed by atoms with Crippen LogP contribution in [0.1, 0.15) is 55.9 Å². The van der Waals surface area contributed by atoms with Gasteiger partial charge < -0.3 is 5.32 Å². The lowest BCUT2D eigenvalue weighted by atomic mass is 9.90. The van der Waals surface area contributed by atoms with Crippen LogP contribution >= 0.6 is 0 Å². The topological polar surface area (TPSA) is 35.8 Å². The number of nitrogens with one attached hydrogen (secondary N) is 1. The highest BCUT2D eigenvalue weighted by molar-refractivity contribution is 5.43. The van der Waals surface area contributed by atoms with Gasteiger partial charge in [-0.05, 0) is 68.2 Å². The van der Waals surface area contributed by atoms with Crippen LogP contribution in [0.3, 0.4) is 0 Å². The third-order valence-electron chi connectivity index (χ3n) is 4.71. The summed E-state index contributed by atoms with van der Waals surface area (Å²) in [5.41, 5.74) is 6.08. The highest BCUT2D eigenvalue weighted by atomic mass is 14.9. The van der Waals surface area contributed by atoms with Crippen molar-refractivity contribution in [2.75, 3.05) is 0 Å². The SMILES string of the molecule is Cc1ccc(CCC(C#N)C(C)NC(C)C)c2c1CCC2. The summed E-state index contributed by atoms with van der Waals surface area (Å²) in [4.78, 5) is 0. The highest BCUT2D eigenvalue weighted by Crippen LogP contribution is 2.29. The van der Waals surface area contributed by atoms with E-state index in [9.17, 15) is 5.26 Å². The number of fused-ring (bicyclic) bond motifs is 1. The number of hydrogen-bond acceptors (Lipinski definition) is 2. The lowest BCUT2D eigenvalue weighted by molar-refractivity contribution is 0.392. The first kappa shape index (κ1) is 16.0. The molecule has 0 amide bonds. The van der Waals surface area contributed by atoms with Crippen LogP contribution in [-0.4, -0.2) is 12.1 Å². The van der Waals surface area contributed by atoms with E-state index in [0.717, 1.165) is 12.8 Å². The van der Waals surface area contributed by atoms with Gasteiger partial charge in [0.05, 0.1) is 12.0 Å². The molecule has 0 fully saturated rings. The van der Waals surface area contributed by atoms with Gasteiger partial charge in [0.15, 0.2) is 0 Å². The molecule has 1 aromatic carbocycles. The van der Waals surface area contributed by atoms with Crippen LogP contribution in [0.15, 0.2) is 12.1 Å². The van der Waals surface area contributed by atoms with Crippen LogP contribution in [0, 0.1) is 24.2 Å². The van der Waals surface area contributed by atoms with E-state index < -0.39 is 0 Å². The van der Waals surface area contributed by atoms with Gasteiger partial charge in [-0.15, -0.1) is 0 Å². The third kappa shape index (κ3) is 3.86. The molecule has 0 heterocycles. The Bertz CT molecular complexity index is 525. The zero-order chi connectivity index (χ0) is 15.4. The van der Waals surface area contributed by atoms with Crippen molar-refractivity contribution in [3.8, 4) is 6.07 Å². The summed E-state index contributed by atoms with van der Waals surface area (Å²) < 4.78 is 0. The molecule has 114 valence electrons. The van der Waals surface area contributed by atoms with Crippen molar-refractivity contribution in [3.63, 3.8) is 0 Å². The maximum atomic E-state index is 9.43. The van der Waals surface area contributed by atoms with E-state index in [2.05, 4.69) is 51.2 Å². The minimum Gasteiger partial charge on any atom is -0.311 e. The molecule has 2 unspecified atom stereocenters. The Balaban J connectivity index is 2.03. The number of hydrogen-bond donors (Lipinski definition) is 1. The fraction of sp³-hybridized carbons (Fsp3) is 0.632. The zero-order valence-corrected chi connectivity index (χ0v) is 13.9. The van der Waals surface area contributed by atoms with Gasteiger partial charge in [0.1, 0.15) is 0 Å². The third-order valence-corrected chi connectivity index (χ3v) is 4.71. The van der Waals surface area contributed by atoms with E-state index in [0.29, 0.717) is 6.04 Å². The normalized spacial score (nSPS) is 16.6. The van der Waals surface area contributed by atoms with Crippen molar-refractivity contribution in [2.24, 2.45) is 5.92 Å². The standard InChI is InChI=1S/C19H28N2/c1-13(2)21-15(4)17(12-20)11-10-16-9-8-14(3)18-6-5-7-19(16)18/h8-9,13,15,17,21H,5-7,10-11H2,1-4H3. The summed E-state index contributed by atoms with van der Waals surface area (Å²) in [6.45, 7) is 8.63. The Morgan fingerprint density at radius 1 is 1.19 bits per heavy atom. The summed E-state index contributed by atoms with van der Waals surface area (Å²) in [7, 11) is 0. The van der Waals surface area contributed by atoms with Crippen LogP contribution in [0.5, 0.6) is 0 Å². The van der Waals surface area contributed by atoms with Crippen molar-refractivity contribution in [3.05, 3.63) is 34.4 Å². The van der Waals surface area contributed by atoms with Gasteiger partial charge in [-0.3, -0.25) is 0 Å². The average molecular weight is 284 g/mol. The molecule has 2 heteroatoms. The molecule has 2 atom stereocenters. The monoisotopic (exact) mass is 284 g/mol. The Morgan fingerprint density at radius 2 is 1.90 bits per heavy atom. The molecule has 1 aromatic rings. The van der Waals surface area contributed by atoms with Gasteiger partial charge in [-0.2, -0.15) is 5.26 Å². The first-order valence-corrected chi connectivity index (χ1v) is 8.28. The molecule has 0 aliphatic heterocycles.